The number of allylic oxidation sites excluding steroid dienone is 3. The number of nitrogen functional groups attached to an aromatic ring is 1. The van der Waals surface area contributed by atoms with Crippen molar-refractivity contribution in [2.45, 2.75) is 33.4 Å². The zero-order chi connectivity index (χ0) is 24.1. The van der Waals surface area contributed by atoms with Crippen LogP contribution in [0.2, 0.25) is 0 Å². The maximum atomic E-state index is 9.60. The van der Waals surface area contributed by atoms with E-state index in [0.717, 1.165) is 50.3 Å². The van der Waals surface area contributed by atoms with Gasteiger partial charge in [0.25, 0.3) is 0 Å². The Morgan fingerprint density at radius 3 is 2.24 bits per heavy atom. The van der Waals surface area contributed by atoms with Gasteiger partial charge in [0.15, 0.2) is 0 Å². The molecule has 0 bridgehead atoms. The zero-order valence-corrected chi connectivity index (χ0v) is 19.7. The topological polar surface area (TPSA) is 75.5 Å². The molecule has 1 aliphatic heterocycles. The first-order chi connectivity index (χ1) is 15.7. The molecule has 0 aliphatic carbocycles. The van der Waals surface area contributed by atoms with Gasteiger partial charge in [-0.25, -0.2) is 0 Å². The number of aryl methyl sites for hydroxylation is 1. The number of nitrogens with two attached hydrogens (primary N) is 2. The normalized spacial score (nSPS) is 12.6. The predicted molar refractivity (Wildman–Crippen MR) is 142 cm³/mol. The second kappa shape index (κ2) is 10.2. The van der Waals surface area contributed by atoms with Crippen LogP contribution in [0.15, 0.2) is 91.7 Å². The number of benzene rings is 3. The van der Waals surface area contributed by atoms with Crippen LogP contribution in [0.25, 0.3) is 11.1 Å². The summed E-state index contributed by atoms with van der Waals surface area (Å²) in [5, 5.41) is 9.60. The fourth-order valence-corrected chi connectivity index (χ4v) is 3.62. The van der Waals surface area contributed by atoms with E-state index in [0.29, 0.717) is 12.6 Å². The molecule has 4 rings (SSSR count). The number of rotatable bonds is 4. The van der Waals surface area contributed by atoms with Gasteiger partial charge in [-0.05, 0) is 65.1 Å². The number of phenols is 1. The first-order valence-corrected chi connectivity index (χ1v) is 11.0. The van der Waals surface area contributed by atoms with Gasteiger partial charge in [-0.15, -0.1) is 0 Å². The van der Waals surface area contributed by atoms with Crippen LogP contribution < -0.4 is 16.4 Å². The molecule has 0 radical (unpaired) electrons. The Balaban J connectivity index is 0.000000709. The molecule has 0 saturated heterocycles. The van der Waals surface area contributed by atoms with E-state index >= 15 is 0 Å². The van der Waals surface area contributed by atoms with E-state index in [1.807, 2.05) is 57.2 Å². The SMILES string of the molecule is C=C(C1=CN(Cc2ccc(O)cc2)c2cc(N)c(C)cc2C1=C)c1ccccc1.CC(C)N. The Labute approximate surface area is 197 Å². The van der Waals surface area contributed by atoms with E-state index in [1.54, 1.807) is 12.1 Å². The fraction of sp³-hybridized carbons (Fsp3) is 0.172. The highest BCUT2D eigenvalue weighted by Crippen LogP contribution is 2.43. The quantitative estimate of drug-likeness (QED) is 0.419. The number of hydrogen-bond acceptors (Lipinski definition) is 4. The minimum atomic E-state index is 0.259. The molecule has 0 unspecified atom stereocenters. The molecule has 3 aromatic rings. The van der Waals surface area contributed by atoms with Crippen molar-refractivity contribution >= 4 is 22.5 Å². The summed E-state index contributed by atoms with van der Waals surface area (Å²) in [6.45, 7) is 15.3. The van der Waals surface area contributed by atoms with E-state index < -0.39 is 0 Å². The Morgan fingerprint density at radius 1 is 1.03 bits per heavy atom. The van der Waals surface area contributed by atoms with Crippen LogP contribution in [0.1, 0.15) is 36.1 Å². The van der Waals surface area contributed by atoms with Gasteiger partial charge >= 0.3 is 0 Å². The van der Waals surface area contributed by atoms with Crippen molar-refractivity contribution in [2.24, 2.45) is 5.73 Å². The van der Waals surface area contributed by atoms with Crippen molar-refractivity contribution in [2.75, 3.05) is 10.6 Å². The van der Waals surface area contributed by atoms with Gasteiger partial charge in [-0.2, -0.15) is 0 Å². The second-order valence-corrected chi connectivity index (χ2v) is 8.63. The summed E-state index contributed by atoms with van der Waals surface area (Å²) >= 11 is 0. The highest BCUT2D eigenvalue weighted by atomic mass is 16.3. The van der Waals surface area contributed by atoms with E-state index in [-0.39, 0.29) is 5.75 Å². The van der Waals surface area contributed by atoms with E-state index in [4.69, 9.17) is 11.5 Å². The molecule has 4 nitrogen and oxygen atoms in total. The maximum absolute atomic E-state index is 9.60. The highest BCUT2D eigenvalue weighted by molar-refractivity contribution is 6.02. The molecule has 1 aliphatic rings. The number of hydrogen-bond donors (Lipinski definition) is 3. The minimum absolute atomic E-state index is 0.259. The first-order valence-electron chi connectivity index (χ1n) is 11.0. The molecule has 0 aromatic heterocycles. The van der Waals surface area contributed by atoms with Gasteiger partial charge in [-0.1, -0.05) is 69.5 Å². The molecule has 0 saturated carbocycles. The standard InChI is InChI=1S/C26H24N2O.C3H9N/c1-17-13-23-19(3)24(18(2)21-7-5-4-6-8-21)16-28(26(23)14-25(17)27)15-20-9-11-22(29)12-10-20;1-3(2)4/h4-14,16,29H,2-3,15,27H2,1H3;3H,4H2,1-2H3. The zero-order valence-electron chi connectivity index (χ0n) is 19.7. The molecule has 0 fully saturated rings. The van der Waals surface area contributed by atoms with Crippen LogP contribution in [-0.4, -0.2) is 11.1 Å². The summed E-state index contributed by atoms with van der Waals surface area (Å²) in [5.41, 5.74) is 20.2. The molecule has 4 heteroatoms. The molecule has 170 valence electrons. The minimum Gasteiger partial charge on any atom is -0.508 e. The predicted octanol–water partition coefficient (Wildman–Crippen LogP) is 6.27. The number of fused-ring (bicyclic) bond motifs is 1. The third-order valence-corrected chi connectivity index (χ3v) is 5.37. The molecule has 3 aromatic carbocycles. The summed E-state index contributed by atoms with van der Waals surface area (Å²) in [5.74, 6) is 0.259. The number of aromatic hydroxyl groups is 1. The average molecular weight is 440 g/mol. The molecule has 0 amide bonds. The number of anilines is 2. The lowest BCUT2D eigenvalue weighted by Gasteiger charge is -2.32. The Morgan fingerprint density at radius 2 is 1.64 bits per heavy atom. The van der Waals surface area contributed by atoms with Crippen molar-refractivity contribution in [1.29, 1.82) is 0 Å². The summed E-state index contributed by atoms with van der Waals surface area (Å²) in [7, 11) is 0. The summed E-state index contributed by atoms with van der Waals surface area (Å²) in [4.78, 5) is 2.18. The smallest absolute Gasteiger partial charge is 0.115 e. The van der Waals surface area contributed by atoms with Crippen LogP contribution in [0.4, 0.5) is 11.4 Å². The van der Waals surface area contributed by atoms with Gasteiger partial charge < -0.3 is 21.5 Å². The molecule has 5 N–H and O–H groups in total. The van der Waals surface area contributed by atoms with Crippen LogP contribution in [0.3, 0.4) is 0 Å². The van der Waals surface area contributed by atoms with Crippen molar-refractivity contribution < 1.29 is 5.11 Å². The largest absolute Gasteiger partial charge is 0.508 e. The summed E-state index contributed by atoms with van der Waals surface area (Å²) in [6, 6.07) is 21.8. The van der Waals surface area contributed by atoms with Crippen LogP contribution in [0.5, 0.6) is 5.75 Å². The first kappa shape index (κ1) is 23.9. The third kappa shape index (κ3) is 5.73. The Bertz CT molecular complexity index is 1170. The Kier molecular flexibility index (Phi) is 7.41. The van der Waals surface area contributed by atoms with Crippen LogP contribution in [0, 0.1) is 6.92 Å². The van der Waals surface area contributed by atoms with Crippen molar-refractivity contribution in [1.82, 2.24) is 0 Å². The van der Waals surface area contributed by atoms with Gasteiger partial charge in [0.05, 0.1) is 5.69 Å². The van der Waals surface area contributed by atoms with E-state index in [2.05, 4.69) is 42.5 Å². The number of phenolic OH excluding ortho intramolecular Hbond substituents is 1. The van der Waals surface area contributed by atoms with Crippen LogP contribution in [-0.2, 0) is 6.54 Å². The highest BCUT2D eigenvalue weighted by Gasteiger charge is 2.24. The van der Waals surface area contributed by atoms with E-state index in [1.165, 1.54) is 0 Å². The summed E-state index contributed by atoms with van der Waals surface area (Å²) < 4.78 is 0. The van der Waals surface area contributed by atoms with Gasteiger partial charge in [0.2, 0.25) is 0 Å². The third-order valence-electron chi connectivity index (χ3n) is 5.37. The fourth-order valence-electron chi connectivity index (χ4n) is 3.62. The summed E-state index contributed by atoms with van der Waals surface area (Å²) in [6.07, 6.45) is 2.10. The lowest BCUT2D eigenvalue weighted by molar-refractivity contribution is 0.475. The monoisotopic (exact) mass is 439 g/mol. The average Bonchev–Trinajstić information content (AvgIpc) is 2.78. The molecule has 0 spiro atoms. The van der Waals surface area contributed by atoms with Gasteiger partial charge in [0.1, 0.15) is 5.75 Å². The van der Waals surface area contributed by atoms with Crippen LogP contribution >= 0.6 is 0 Å². The number of nitrogens with zero attached hydrogens (tertiary/aromatic N) is 1. The lowest BCUT2D eigenvalue weighted by Crippen LogP contribution is -2.22. The van der Waals surface area contributed by atoms with Gasteiger partial charge in [-0.3, -0.25) is 0 Å². The lowest BCUT2D eigenvalue weighted by atomic mass is 9.86. The molecule has 33 heavy (non-hydrogen) atoms. The van der Waals surface area contributed by atoms with Crippen molar-refractivity contribution in [3.05, 3.63) is 114 Å². The molecular formula is C29H33N3O. The molecular weight excluding hydrogens is 406 g/mol. The molecule has 1 heterocycles. The van der Waals surface area contributed by atoms with Crippen molar-refractivity contribution in [3.63, 3.8) is 0 Å². The molecule has 0 atom stereocenters. The maximum Gasteiger partial charge on any atom is 0.115 e. The van der Waals surface area contributed by atoms with Gasteiger partial charge in [0, 0.05) is 29.6 Å². The second-order valence-electron chi connectivity index (χ2n) is 8.63. The Hall–Kier alpha value is -3.76. The van der Waals surface area contributed by atoms with Crippen molar-refractivity contribution in [3.8, 4) is 5.75 Å². The van der Waals surface area contributed by atoms with E-state index in [9.17, 15) is 5.11 Å².